The van der Waals surface area contributed by atoms with Crippen LogP contribution in [0.3, 0.4) is 0 Å². The Balaban J connectivity index is 1.75. The lowest BCUT2D eigenvalue weighted by molar-refractivity contribution is -0.155. The summed E-state index contributed by atoms with van der Waals surface area (Å²) in [5.41, 5.74) is 1.95. The number of carbonyl (C=O) groups is 3. The molecule has 2 unspecified atom stereocenters. The minimum absolute atomic E-state index is 0.134. The minimum Gasteiger partial charge on any atom is -0.459 e. The number of ether oxygens (including phenoxy) is 2. The molecule has 8 nitrogen and oxygen atoms in total. The lowest BCUT2D eigenvalue weighted by Gasteiger charge is -2.29. The zero-order valence-corrected chi connectivity index (χ0v) is 24.9. The maximum absolute atomic E-state index is 13.8. The van der Waals surface area contributed by atoms with Gasteiger partial charge < -0.3 is 24.6 Å². The van der Waals surface area contributed by atoms with Gasteiger partial charge in [-0.2, -0.15) is 0 Å². The van der Waals surface area contributed by atoms with Crippen molar-refractivity contribution in [2.45, 2.75) is 64.3 Å². The van der Waals surface area contributed by atoms with Crippen LogP contribution in [0.2, 0.25) is 0 Å². The molecular weight excluding hydrogens is 553 g/mol. The summed E-state index contributed by atoms with van der Waals surface area (Å²) in [7, 11) is 0. The van der Waals surface area contributed by atoms with Gasteiger partial charge in [-0.05, 0) is 56.9 Å². The molecule has 2 aromatic carbocycles. The molecule has 1 aliphatic heterocycles. The van der Waals surface area contributed by atoms with E-state index < -0.39 is 29.7 Å². The summed E-state index contributed by atoms with van der Waals surface area (Å²) in [6.45, 7) is 7.13. The number of carbonyl (C=O) groups excluding carboxylic acids is 3. The van der Waals surface area contributed by atoms with Gasteiger partial charge in [0, 0.05) is 43.5 Å². The first-order valence-electron chi connectivity index (χ1n) is 13.6. The average molecular weight is 593 g/mol. The molecule has 0 aliphatic carbocycles. The number of esters is 1. The summed E-state index contributed by atoms with van der Waals surface area (Å²) in [6, 6.07) is 15.5. The van der Waals surface area contributed by atoms with E-state index in [1.54, 1.807) is 20.8 Å². The predicted octanol–water partition coefficient (Wildman–Crippen LogP) is 5.14. The molecule has 3 rings (SSSR count). The van der Waals surface area contributed by atoms with Gasteiger partial charge in [0.05, 0.1) is 0 Å². The molecule has 10 heteroatoms. The van der Waals surface area contributed by atoms with Crippen LogP contribution in [0, 0.1) is 0 Å². The van der Waals surface area contributed by atoms with E-state index >= 15 is 0 Å². The molecule has 1 aliphatic rings. The molecule has 1 N–H and O–H groups in total. The highest BCUT2D eigenvalue weighted by Gasteiger charge is 2.39. The quantitative estimate of drug-likeness (QED) is 0.271. The number of nitrogens with zero attached hydrogens (tertiary/aromatic N) is 2. The van der Waals surface area contributed by atoms with Crippen molar-refractivity contribution >= 4 is 46.9 Å². The number of rotatable bonds is 12. The van der Waals surface area contributed by atoms with Gasteiger partial charge in [0.25, 0.3) is 0 Å². The Hall–Kier alpha value is -2.97. The van der Waals surface area contributed by atoms with Crippen LogP contribution in [-0.2, 0) is 32.1 Å². The van der Waals surface area contributed by atoms with Crippen LogP contribution >= 0.6 is 23.2 Å². The van der Waals surface area contributed by atoms with Gasteiger partial charge in [0.2, 0.25) is 5.91 Å². The predicted molar refractivity (Wildman–Crippen MR) is 158 cm³/mol. The molecule has 218 valence electrons. The maximum atomic E-state index is 13.8. The van der Waals surface area contributed by atoms with Gasteiger partial charge in [-0.25, -0.2) is 9.59 Å². The van der Waals surface area contributed by atoms with Gasteiger partial charge in [-0.3, -0.25) is 4.79 Å². The standard InChI is InChI=1S/C30H39Cl2N3O5/c1-30(2,3)40-29(38)33-25(20-22-11-13-24(14-12-22)34(18-15-31)19-16-32)27(36)35-17-7-10-26(35)28(37)39-21-23-8-5-4-6-9-23/h4-6,8-9,11-14,25-26H,7,10,15-21H2,1-3H3,(H,33,38). The van der Waals surface area contributed by atoms with E-state index in [1.165, 1.54) is 4.90 Å². The Morgan fingerprint density at radius 2 is 1.65 bits per heavy atom. The molecule has 1 saturated heterocycles. The van der Waals surface area contributed by atoms with Gasteiger partial charge in [-0.1, -0.05) is 42.5 Å². The van der Waals surface area contributed by atoms with E-state index in [0.29, 0.717) is 44.2 Å². The fourth-order valence-electron chi connectivity index (χ4n) is 4.60. The van der Waals surface area contributed by atoms with Crippen LogP contribution in [0.15, 0.2) is 54.6 Å². The number of alkyl carbamates (subject to hydrolysis) is 1. The number of likely N-dealkylation sites (tertiary alicyclic amines) is 1. The normalized spacial score (nSPS) is 15.8. The van der Waals surface area contributed by atoms with Crippen molar-refractivity contribution in [1.29, 1.82) is 0 Å². The molecule has 0 aromatic heterocycles. The van der Waals surface area contributed by atoms with E-state index in [0.717, 1.165) is 16.8 Å². The van der Waals surface area contributed by atoms with Crippen molar-refractivity contribution in [3.8, 4) is 0 Å². The van der Waals surface area contributed by atoms with Gasteiger partial charge in [0.15, 0.2) is 0 Å². The Labute approximate surface area is 246 Å². The van der Waals surface area contributed by atoms with Gasteiger partial charge in [-0.15, -0.1) is 23.2 Å². The summed E-state index contributed by atoms with van der Waals surface area (Å²) in [4.78, 5) is 43.1. The van der Waals surface area contributed by atoms with Crippen LogP contribution in [0.5, 0.6) is 0 Å². The van der Waals surface area contributed by atoms with Crippen molar-refractivity contribution in [1.82, 2.24) is 10.2 Å². The summed E-state index contributed by atoms with van der Waals surface area (Å²) in [5.74, 6) is 0.147. The second-order valence-electron chi connectivity index (χ2n) is 10.7. The lowest BCUT2D eigenvalue weighted by atomic mass is 10.0. The van der Waals surface area contributed by atoms with E-state index in [-0.39, 0.29) is 18.9 Å². The molecule has 1 heterocycles. The third kappa shape index (κ3) is 9.59. The third-order valence-electron chi connectivity index (χ3n) is 6.47. The monoisotopic (exact) mass is 591 g/mol. The van der Waals surface area contributed by atoms with Crippen LogP contribution in [0.4, 0.5) is 10.5 Å². The zero-order chi connectivity index (χ0) is 29.1. The molecule has 2 atom stereocenters. The molecule has 0 saturated carbocycles. The maximum Gasteiger partial charge on any atom is 0.408 e. The zero-order valence-electron chi connectivity index (χ0n) is 23.4. The van der Waals surface area contributed by atoms with Crippen LogP contribution in [0.25, 0.3) is 0 Å². The topological polar surface area (TPSA) is 88.2 Å². The smallest absolute Gasteiger partial charge is 0.408 e. The number of halogens is 2. The fourth-order valence-corrected chi connectivity index (χ4v) is 5.01. The Morgan fingerprint density at radius 1 is 1.00 bits per heavy atom. The van der Waals surface area contributed by atoms with Crippen molar-refractivity contribution in [3.63, 3.8) is 0 Å². The summed E-state index contributed by atoms with van der Waals surface area (Å²) >= 11 is 11.9. The largest absolute Gasteiger partial charge is 0.459 e. The van der Waals surface area contributed by atoms with Gasteiger partial charge >= 0.3 is 12.1 Å². The van der Waals surface area contributed by atoms with Gasteiger partial charge in [0.1, 0.15) is 24.3 Å². The highest BCUT2D eigenvalue weighted by Crippen LogP contribution is 2.23. The van der Waals surface area contributed by atoms with Crippen LogP contribution in [-0.4, -0.2) is 71.9 Å². The summed E-state index contributed by atoms with van der Waals surface area (Å²) in [6.07, 6.45) is 0.706. The third-order valence-corrected chi connectivity index (χ3v) is 6.81. The Kier molecular flexibility index (Phi) is 11.9. The number of hydrogen-bond acceptors (Lipinski definition) is 6. The summed E-state index contributed by atoms with van der Waals surface area (Å²) in [5, 5.41) is 2.74. The van der Waals surface area contributed by atoms with Crippen molar-refractivity contribution in [2.75, 3.05) is 36.3 Å². The number of nitrogens with one attached hydrogen (secondary N) is 1. The first-order valence-corrected chi connectivity index (χ1v) is 14.6. The molecule has 40 heavy (non-hydrogen) atoms. The van der Waals surface area contributed by atoms with Crippen LogP contribution in [0.1, 0.15) is 44.7 Å². The average Bonchev–Trinajstić information content (AvgIpc) is 3.41. The Bertz CT molecular complexity index is 1100. The van der Waals surface area contributed by atoms with Crippen molar-refractivity contribution in [3.05, 3.63) is 65.7 Å². The van der Waals surface area contributed by atoms with E-state index in [1.807, 2.05) is 54.6 Å². The number of amides is 2. The number of alkyl halides is 2. The van der Waals surface area contributed by atoms with E-state index in [2.05, 4.69) is 10.2 Å². The highest BCUT2D eigenvalue weighted by molar-refractivity contribution is 6.18. The molecule has 0 radical (unpaired) electrons. The lowest BCUT2D eigenvalue weighted by Crippen LogP contribution is -2.53. The first kappa shape index (κ1) is 31.6. The number of hydrogen-bond donors (Lipinski definition) is 1. The van der Waals surface area contributed by atoms with E-state index in [4.69, 9.17) is 32.7 Å². The molecule has 0 bridgehead atoms. The molecule has 1 fully saturated rings. The van der Waals surface area contributed by atoms with Crippen LogP contribution < -0.4 is 10.2 Å². The van der Waals surface area contributed by atoms with Crippen molar-refractivity contribution in [2.24, 2.45) is 0 Å². The minimum atomic E-state index is -0.926. The molecule has 2 aromatic rings. The first-order chi connectivity index (χ1) is 19.1. The van der Waals surface area contributed by atoms with Crippen molar-refractivity contribution < 1.29 is 23.9 Å². The summed E-state index contributed by atoms with van der Waals surface area (Å²) < 4.78 is 11.0. The Morgan fingerprint density at radius 3 is 2.25 bits per heavy atom. The molecule has 0 spiro atoms. The second kappa shape index (κ2) is 15.1. The molecule has 2 amide bonds. The number of benzene rings is 2. The second-order valence-corrected chi connectivity index (χ2v) is 11.5. The SMILES string of the molecule is CC(C)(C)OC(=O)NC(Cc1ccc(N(CCCl)CCCl)cc1)C(=O)N1CCCC1C(=O)OCc1ccccc1. The highest BCUT2D eigenvalue weighted by atomic mass is 35.5. The van der Waals surface area contributed by atoms with E-state index in [9.17, 15) is 14.4 Å². The molecular formula is C30H39Cl2N3O5. The fraction of sp³-hybridized carbons (Fsp3) is 0.500. The number of anilines is 1.